The minimum absolute atomic E-state index is 0.145. The van der Waals surface area contributed by atoms with E-state index < -0.39 is 0 Å². The summed E-state index contributed by atoms with van der Waals surface area (Å²) in [5, 5.41) is 11.2. The Kier molecular flexibility index (Phi) is 2.57. The van der Waals surface area contributed by atoms with E-state index in [-0.39, 0.29) is 12.0 Å². The summed E-state index contributed by atoms with van der Waals surface area (Å²) >= 11 is 6.26. The molecule has 1 saturated carbocycles. The van der Waals surface area contributed by atoms with E-state index in [1.165, 1.54) is 0 Å². The van der Waals surface area contributed by atoms with E-state index in [1.807, 2.05) is 24.3 Å². The Morgan fingerprint density at radius 2 is 2.06 bits per heavy atom. The largest absolute Gasteiger partial charge is 0.395 e. The average Bonchev–Trinajstić information content (AvgIpc) is 2.29. The molecule has 3 rings (SSSR count). The summed E-state index contributed by atoms with van der Waals surface area (Å²) in [7, 11) is 0. The van der Waals surface area contributed by atoms with Gasteiger partial charge in [0.2, 0.25) is 0 Å². The lowest BCUT2D eigenvalue weighted by atomic mass is 9.65. The summed E-state index contributed by atoms with van der Waals surface area (Å²) in [6.07, 6.45) is 3.16. The molecule has 1 fully saturated rings. The van der Waals surface area contributed by atoms with Crippen molar-refractivity contribution >= 4 is 22.5 Å². The highest BCUT2D eigenvalue weighted by molar-refractivity contribution is 6.30. The summed E-state index contributed by atoms with van der Waals surface area (Å²) in [4.78, 5) is 4.43. The number of benzene rings is 1. The van der Waals surface area contributed by atoms with Crippen LogP contribution in [0, 0.1) is 0 Å². The van der Waals surface area contributed by atoms with Crippen molar-refractivity contribution in [3.8, 4) is 0 Å². The van der Waals surface area contributed by atoms with E-state index in [0.29, 0.717) is 5.15 Å². The molecule has 88 valence electrons. The van der Waals surface area contributed by atoms with Gasteiger partial charge in [-0.3, -0.25) is 0 Å². The topological polar surface area (TPSA) is 33.1 Å². The number of para-hydroxylation sites is 1. The number of hydrogen-bond donors (Lipinski definition) is 1. The number of fused-ring (bicyclic) bond motifs is 1. The van der Waals surface area contributed by atoms with Crippen LogP contribution >= 0.6 is 11.6 Å². The van der Waals surface area contributed by atoms with Crippen molar-refractivity contribution in [1.29, 1.82) is 0 Å². The van der Waals surface area contributed by atoms with Crippen LogP contribution in [0.15, 0.2) is 30.3 Å². The number of aliphatic hydroxyl groups is 1. The van der Waals surface area contributed by atoms with E-state index >= 15 is 0 Å². The first-order valence-electron chi connectivity index (χ1n) is 5.92. The summed E-state index contributed by atoms with van der Waals surface area (Å²) in [6.45, 7) is 0.159. The third kappa shape index (κ3) is 1.63. The van der Waals surface area contributed by atoms with Crippen LogP contribution in [0.5, 0.6) is 0 Å². The number of aromatic nitrogens is 1. The van der Waals surface area contributed by atoms with Gasteiger partial charge in [0.15, 0.2) is 0 Å². The second kappa shape index (κ2) is 3.97. The molecule has 0 saturated heterocycles. The highest BCUT2D eigenvalue weighted by Gasteiger charge is 2.40. The second-order valence-electron chi connectivity index (χ2n) is 4.81. The van der Waals surface area contributed by atoms with Crippen LogP contribution in [-0.2, 0) is 5.41 Å². The van der Waals surface area contributed by atoms with Gasteiger partial charge in [0, 0.05) is 10.8 Å². The lowest BCUT2D eigenvalue weighted by molar-refractivity contribution is 0.120. The highest BCUT2D eigenvalue weighted by atomic mass is 35.5. The van der Waals surface area contributed by atoms with Gasteiger partial charge in [0.1, 0.15) is 5.15 Å². The van der Waals surface area contributed by atoms with E-state index in [4.69, 9.17) is 11.6 Å². The SMILES string of the molecule is OCC1(c2cc3ccccc3nc2Cl)CCC1. The maximum absolute atomic E-state index is 9.60. The van der Waals surface area contributed by atoms with Gasteiger partial charge in [-0.25, -0.2) is 4.98 Å². The second-order valence-corrected chi connectivity index (χ2v) is 5.17. The Morgan fingerprint density at radius 1 is 1.29 bits per heavy atom. The molecule has 2 aromatic rings. The molecule has 1 aliphatic carbocycles. The molecule has 17 heavy (non-hydrogen) atoms. The summed E-state index contributed by atoms with van der Waals surface area (Å²) < 4.78 is 0. The number of aliphatic hydroxyl groups excluding tert-OH is 1. The average molecular weight is 248 g/mol. The van der Waals surface area contributed by atoms with Crippen LogP contribution < -0.4 is 0 Å². The Labute approximate surface area is 105 Å². The number of pyridine rings is 1. The molecular weight excluding hydrogens is 234 g/mol. The number of hydrogen-bond acceptors (Lipinski definition) is 2. The Morgan fingerprint density at radius 3 is 2.71 bits per heavy atom. The van der Waals surface area contributed by atoms with Gasteiger partial charge >= 0.3 is 0 Å². The van der Waals surface area contributed by atoms with Gasteiger partial charge in [-0.2, -0.15) is 0 Å². The maximum Gasteiger partial charge on any atom is 0.133 e. The van der Waals surface area contributed by atoms with Crippen molar-refractivity contribution in [3.63, 3.8) is 0 Å². The molecule has 0 bridgehead atoms. The maximum atomic E-state index is 9.60. The standard InChI is InChI=1S/C14H14ClNO/c15-13-11(14(9-17)6-3-7-14)8-10-4-1-2-5-12(10)16-13/h1-2,4-5,8,17H,3,6-7,9H2. The van der Waals surface area contributed by atoms with Gasteiger partial charge < -0.3 is 5.11 Å². The molecule has 0 atom stereocenters. The Bertz CT molecular complexity index is 558. The van der Waals surface area contributed by atoms with Crippen molar-refractivity contribution < 1.29 is 5.11 Å². The van der Waals surface area contributed by atoms with Gasteiger partial charge in [0.25, 0.3) is 0 Å². The zero-order valence-electron chi connectivity index (χ0n) is 9.49. The van der Waals surface area contributed by atoms with Crippen molar-refractivity contribution in [2.45, 2.75) is 24.7 Å². The number of nitrogens with zero attached hydrogens (tertiary/aromatic N) is 1. The van der Waals surface area contributed by atoms with Crippen molar-refractivity contribution in [3.05, 3.63) is 41.0 Å². The first-order valence-corrected chi connectivity index (χ1v) is 6.30. The van der Waals surface area contributed by atoms with Crippen LogP contribution in [0.3, 0.4) is 0 Å². The summed E-state index contributed by atoms with van der Waals surface area (Å²) in [5.41, 5.74) is 1.77. The lowest BCUT2D eigenvalue weighted by Crippen LogP contribution is -2.38. The molecule has 0 radical (unpaired) electrons. The van der Waals surface area contributed by atoms with Crippen molar-refractivity contribution in [2.24, 2.45) is 0 Å². The van der Waals surface area contributed by atoms with Gasteiger partial charge in [0.05, 0.1) is 12.1 Å². The molecule has 0 unspecified atom stereocenters. The zero-order chi connectivity index (χ0) is 11.9. The predicted octanol–water partition coefficient (Wildman–Crippen LogP) is 3.30. The minimum atomic E-state index is -0.145. The molecule has 1 N–H and O–H groups in total. The number of rotatable bonds is 2. The minimum Gasteiger partial charge on any atom is -0.395 e. The Balaban J connectivity index is 2.19. The van der Waals surface area contributed by atoms with E-state index in [1.54, 1.807) is 0 Å². The smallest absolute Gasteiger partial charge is 0.133 e. The molecule has 0 spiro atoms. The summed E-state index contributed by atoms with van der Waals surface area (Å²) in [6, 6.07) is 10.0. The fourth-order valence-electron chi connectivity index (χ4n) is 2.58. The van der Waals surface area contributed by atoms with Gasteiger partial charge in [-0.05, 0) is 30.5 Å². The summed E-state index contributed by atoms with van der Waals surface area (Å²) in [5.74, 6) is 0. The van der Waals surface area contributed by atoms with E-state index in [0.717, 1.165) is 35.7 Å². The Hall–Kier alpha value is -1.12. The fourth-order valence-corrected chi connectivity index (χ4v) is 2.93. The normalized spacial score (nSPS) is 18.0. The zero-order valence-corrected chi connectivity index (χ0v) is 10.2. The van der Waals surface area contributed by atoms with E-state index in [2.05, 4.69) is 11.1 Å². The van der Waals surface area contributed by atoms with Crippen molar-refractivity contribution in [2.75, 3.05) is 6.61 Å². The lowest BCUT2D eigenvalue weighted by Gasteiger charge is -2.41. The molecule has 1 aromatic heterocycles. The quantitative estimate of drug-likeness (QED) is 0.826. The fraction of sp³-hybridized carbons (Fsp3) is 0.357. The third-order valence-electron chi connectivity index (χ3n) is 3.86. The van der Waals surface area contributed by atoms with Gasteiger partial charge in [-0.15, -0.1) is 0 Å². The number of halogens is 1. The van der Waals surface area contributed by atoms with Crippen LogP contribution in [-0.4, -0.2) is 16.7 Å². The van der Waals surface area contributed by atoms with Crippen LogP contribution in [0.4, 0.5) is 0 Å². The van der Waals surface area contributed by atoms with Crippen LogP contribution in [0.25, 0.3) is 10.9 Å². The molecule has 3 heteroatoms. The molecule has 1 aromatic carbocycles. The monoisotopic (exact) mass is 247 g/mol. The molecular formula is C14H14ClNO. The molecule has 0 amide bonds. The van der Waals surface area contributed by atoms with E-state index in [9.17, 15) is 5.11 Å². The molecule has 1 heterocycles. The van der Waals surface area contributed by atoms with Gasteiger partial charge in [-0.1, -0.05) is 36.2 Å². The first-order chi connectivity index (χ1) is 8.25. The molecule has 0 aliphatic heterocycles. The van der Waals surface area contributed by atoms with Crippen molar-refractivity contribution in [1.82, 2.24) is 4.98 Å². The van der Waals surface area contributed by atoms with Crippen LogP contribution in [0.1, 0.15) is 24.8 Å². The highest BCUT2D eigenvalue weighted by Crippen LogP contribution is 2.46. The van der Waals surface area contributed by atoms with Crippen LogP contribution in [0.2, 0.25) is 5.15 Å². The third-order valence-corrected chi connectivity index (χ3v) is 4.15. The first kappa shape index (κ1) is 11.0. The molecule has 1 aliphatic rings. The molecule has 2 nitrogen and oxygen atoms in total. The predicted molar refractivity (Wildman–Crippen MR) is 69.4 cm³/mol.